The smallest absolute Gasteiger partial charge is 0.241 e. The molecule has 2 rings (SSSR count). The normalized spacial score (nSPS) is 18.0. The van der Waals surface area contributed by atoms with Crippen molar-refractivity contribution >= 4 is 27.5 Å². The fourth-order valence-corrected chi connectivity index (χ4v) is 3.85. The number of amides is 1. The molecular weight excluding hydrogens is 338 g/mol. The van der Waals surface area contributed by atoms with Gasteiger partial charge in [-0.2, -0.15) is 4.72 Å². The van der Waals surface area contributed by atoms with Crippen molar-refractivity contribution in [1.82, 2.24) is 14.5 Å². The Balaban J connectivity index is 1.99. The highest BCUT2D eigenvalue weighted by Gasteiger charge is 2.27. The molecule has 1 atom stereocenters. The Kier molecular flexibility index (Phi) is 6.02. The second-order valence-electron chi connectivity index (χ2n) is 5.56. The van der Waals surface area contributed by atoms with Crippen molar-refractivity contribution in [3.63, 3.8) is 0 Å². The molecule has 1 aliphatic rings. The topological polar surface area (TPSA) is 69.7 Å². The third-order valence-corrected chi connectivity index (χ3v) is 5.77. The maximum atomic E-state index is 12.4. The van der Waals surface area contributed by atoms with Gasteiger partial charge < -0.3 is 9.80 Å². The summed E-state index contributed by atoms with van der Waals surface area (Å²) < 4.78 is 27.1. The number of likely N-dealkylation sites (N-methyl/N-ethyl adjacent to an activating group) is 1. The van der Waals surface area contributed by atoms with Gasteiger partial charge in [0.05, 0.1) is 10.9 Å². The van der Waals surface area contributed by atoms with Crippen LogP contribution in [0.3, 0.4) is 0 Å². The van der Waals surface area contributed by atoms with Gasteiger partial charge >= 0.3 is 0 Å². The molecule has 0 bridgehead atoms. The number of sulfonamides is 1. The standard InChI is InChI=1S/C15H22ClN3O3S/c1-3-18-8-10-19(11-9-18)15(20)12(2)17-23(21,22)14-6-4-13(16)5-7-14/h4-7,12,17H,3,8-11H2,1-2H3. The summed E-state index contributed by atoms with van der Waals surface area (Å²) in [5.74, 6) is -0.196. The Hall–Kier alpha value is -1.15. The van der Waals surface area contributed by atoms with Crippen LogP contribution in [-0.4, -0.2) is 62.9 Å². The van der Waals surface area contributed by atoms with Gasteiger partial charge in [0.2, 0.25) is 15.9 Å². The zero-order valence-corrected chi connectivity index (χ0v) is 14.9. The summed E-state index contributed by atoms with van der Waals surface area (Å²) in [6.07, 6.45) is 0. The lowest BCUT2D eigenvalue weighted by molar-refractivity contribution is -0.134. The van der Waals surface area contributed by atoms with Gasteiger partial charge in [-0.3, -0.25) is 4.79 Å². The Labute approximate surface area is 142 Å². The van der Waals surface area contributed by atoms with Crippen LogP contribution in [0.15, 0.2) is 29.2 Å². The van der Waals surface area contributed by atoms with Gasteiger partial charge in [0.25, 0.3) is 0 Å². The number of carbonyl (C=O) groups excluding carboxylic acids is 1. The van der Waals surface area contributed by atoms with Crippen molar-refractivity contribution in [3.05, 3.63) is 29.3 Å². The number of halogens is 1. The number of hydrogen-bond donors (Lipinski definition) is 1. The molecular formula is C15H22ClN3O3S. The van der Waals surface area contributed by atoms with Gasteiger partial charge in [-0.15, -0.1) is 0 Å². The van der Waals surface area contributed by atoms with Crippen molar-refractivity contribution in [3.8, 4) is 0 Å². The van der Waals surface area contributed by atoms with Crippen LogP contribution in [0.4, 0.5) is 0 Å². The van der Waals surface area contributed by atoms with E-state index in [1.807, 2.05) is 0 Å². The number of nitrogens with one attached hydrogen (secondary N) is 1. The summed E-state index contributed by atoms with van der Waals surface area (Å²) in [7, 11) is -3.74. The highest BCUT2D eigenvalue weighted by atomic mass is 35.5. The molecule has 0 spiro atoms. The highest BCUT2D eigenvalue weighted by molar-refractivity contribution is 7.89. The predicted molar refractivity (Wildman–Crippen MR) is 89.9 cm³/mol. The summed E-state index contributed by atoms with van der Waals surface area (Å²) in [5.41, 5.74) is 0. The van der Waals surface area contributed by atoms with Gasteiger partial charge in [0, 0.05) is 31.2 Å². The Bertz CT molecular complexity index is 640. The van der Waals surface area contributed by atoms with E-state index in [1.54, 1.807) is 11.8 Å². The number of benzene rings is 1. The fourth-order valence-electron chi connectivity index (χ4n) is 2.52. The second kappa shape index (κ2) is 7.61. The van der Waals surface area contributed by atoms with Crippen LogP contribution in [0.2, 0.25) is 5.02 Å². The molecule has 1 N–H and O–H groups in total. The third kappa shape index (κ3) is 4.67. The zero-order valence-electron chi connectivity index (χ0n) is 13.3. The Morgan fingerprint density at radius 1 is 1.22 bits per heavy atom. The lowest BCUT2D eigenvalue weighted by Gasteiger charge is -2.35. The number of carbonyl (C=O) groups is 1. The van der Waals surface area contributed by atoms with E-state index in [1.165, 1.54) is 24.3 Å². The quantitative estimate of drug-likeness (QED) is 0.856. The summed E-state index contributed by atoms with van der Waals surface area (Å²) in [5, 5.41) is 0.460. The van der Waals surface area contributed by atoms with E-state index >= 15 is 0 Å². The van der Waals surface area contributed by atoms with Crippen LogP contribution < -0.4 is 4.72 Å². The number of hydrogen-bond acceptors (Lipinski definition) is 4. The molecule has 1 unspecified atom stereocenters. The SMILES string of the molecule is CCN1CCN(C(=O)C(C)NS(=O)(=O)c2ccc(Cl)cc2)CC1. The van der Waals surface area contributed by atoms with E-state index in [0.29, 0.717) is 18.1 Å². The second-order valence-corrected chi connectivity index (χ2v) is 7.71. The van der Waals surface area contributed by atoms with Crippen LogP contribution in [0.25, 0.3) is 0 Å². The molecule has 8 heteroatoms. The fraction of sp³-hybridized carbons (Fsp3) is 0.533. The molecule has 0 aliphatic carbocycles. The summed E-state index contributed by atoms with van der Waals surface area (Å²) in [6.45, 7) is 7.50. The zero-order chi connectivity index (χ0) is 17.0. The summed E-state index contributed by atoms with van der Waals surface area (Å²) in [6, 6.07) is 5.05. The van der Waals surface area contributed by atoms with E-state index in [9.17, 15) is 13.2 Å². The maximum absolute atomic E-state index is 12.4. The highest BCUT2D eigenvalue weighted by Crippen LogP contribution is 2.14. The van der Waals surface area contributed by atoms with Crippen molar-refractivity contribution < 1.29 is 13.2 Å². The van der Waals surface area contributed by atoms with Crippen LogP contribution >= 0.6 is 11.6 Å². The van der Waals surface area contributed by atoms with E-state index in [-0.39, 0.29) is 10.8 Å². The van der Waals surface area contributed by atoms with Crippen LogP contribution in [0, 0.1) is 0 Å². The largest absolute Gasteiger partial charge is 0.339 e. The van der Waals surface area contributed by atoms with Gasteiger partial charge in [-0.25, -0.2) is 8.42 Å². The average molecular weight is 360 g/mol. The van der Waals surface area contributed by atoms with Gasteiger partial charge in [-0.1, -0.05) is 18.5 Å². The van der Waals surface area contributed by atoms with E-state index in [0.717, 1.165) is 19.6 Å². The van der Waals surface area contributed by atoms with E-state index in [4.69, 9.17) is 11.6 Å². The number of rotatable bonds is 5. The maximum Gasteiger partial charge on any atom is 0.241 e. The number of piperazine rings is 1. The van der Waals surface area contributed by atoms with Crippen molar-refractivity contribution in [1.29, 1.82) is 0 Å². The first-order valence-corrected chi connectivity index (χ1v) is 9.48. The summed E-state index contributed by atoms with van der Waals surface area (Å²) in [4.78, 5) is 16.5. The van der Waals surface area contributed by atoms with Gasteiger partial charge in [0.1, 0.15) is 0 Å². The summed E-state index contributed by atoms with van der Waals surface area (Å²) >= 11 is 5.76. The molecule has 0 aromatic heterocycles. The minimum Gasteiger partial charge on any atom is -0.339 e. The average Bonchev–Trinajstić information content (AvgIpc) is 2.54. The molecule has 128 valence electrons. The first-order valence-electron chi connectivity index (χ1n) is 7.62. The van der Waals surface area contributed by atoms with Crippen LogP contribution in [0.1, 0.15) is 13.8 Å². The van der Waals surface area contributed by atoms with Crippen molar-refractivity contribution in [2.45, 2.75) is 24.8 Å². The van der Waals surface area contributed by atoms with E-state index in [2.05, 4.69) is 16.5 Å². The Morgan fingerprint density at radius 3 is 2.30 bits per heavy atom. The molecule has 1 aliphatic heterocycles. The molecule has 1 amide bonds. The first kappa shape index (κ1) is 18.2. The lowest BCUT2D eigenvalue weighted by Crippen LogP contribution is -2.54. The van der Waals surface area contributed by atoms with Crippen molar-refractivity contribution in [2.75, 3.05) is 32.7 Å². The molecule has 0 radical (unpaired) electrons. The lowest BCUT2D eigenvalue weighted by atomic mass is 10.2. The monoisotopic (exact) mass is 359 g/mol. The molecule has 1 aromatic rings. The number of nitrogens with zero attached hydrogens (tertiary/aromatic N) is 2. The third-order valence-electron chi connectivity index (χ3n) is 3.96. The molecule has 1 aromatic carbocycles. The Morgan fingerprint density at radius 2 is 1.78 bits per heavy atom. The predicted octanol–water partition coefficient (Wildman–Crippen LogP) is 1.17. The molecule has 0 saturated carbocycles. The molecule has 6 nitrogen and oxygen atoms in total. The molecule has 1 saturated heterocycles. The van der Waals surface area contributed by atoms with Gasteiger partial charge in [-0.05, 0) is 37.7 Å². The van der Waals surface area contributed by atoms with Crippen molar-refractivity contribution in [2.24, 2.45) is 0 Å². The van der Waals surface area contributed by atoms with E-state index < -0.39 is 16.1 Å². The van der Waals surface area contributed by atoms with Crippen LogP contribution in [-0.2, 0) is 14.8 Å². The first-order chi connectivity index (χ1) is 10.8. The molecule has 1 heterocycles. The molecule has 1 fully saturated rings. The molecule has 23 heavy (non-hydrogen) atoms. The minimum atomic E-state index is -3.74. The minimum absolute atomic E-state index is 0.0948. The van der Waals surface area contributed by atoms with Crippen LogP contribution in [0.5, 0.6) is 0 Å². The van der Waals surface area contributed by atoms with Gasteiger partial charge in [0.15, 0.2) is 0 Å².